The monoisotopic (exact) mass is 237 g/mol. The molecule has 0 amide bonds. The summed E-state index contributed by atoms with van der Waals surface area (Å²) in [5, 5.41) is 0. The molecule has 0 bridgehead atoms. The molecule has 0 N–H and O–H groups in total. The Hall–Kier alpha value is -1.63. The summed E-state index contributed by atoms with van der Waals surface area (Å²) in [5.74, 6) is 0. The maximum absolute atomic E-state index is 4.70. The lowest BCUT2D eigenvalue weighted by Crippen LogP contribution is -2.09. The predicted octanol–water partition coefficient (Wildman–Crippen LogP) is 4.66. The smallest absolute Gasteiger partial charge is 0.0439 e. The minimum Gasteiger partial charge on any atom is -0.261 e. The summed E-state index contributed by atoms with van der Waals surface area (Å²) in [6, 6.07) is 0. The first-order chi connectivity index (χ1) is 8.93. The highest BCUT2D eigenvalue weighted by molar-refractivity contribution is 6.01. The van der Waals surface area contributed by atoms with Crippen molar-refractivity contribution in [2.45, 2.75) is 38.5 Å². The molecule has 0 aromatic heterocycles. The highest BCUT2D eigenvalue weighted by atomic mass is 14.7. The Kier molecular flexibility index (Phi) is 3.40. The van der Waals surface area contributed by atoms with Gasteiger partial charge >= 0.3 is 0 Å². The lowest BCUT2D eigenvalue weighted by molar-refractivity contribution is 0.894. The fourth-order valence-electron chi connectivity index (χ4n) is 2.74. The third kappa shape index (κ3) is 2.45. The first-order valence-electron chi connectivity index (χ1n) is 6.91. The van der Waals surface area contributed by atoms with E-state index in [1.807, 2.05) is 0 Å². The number of rotatable bonds is 2. The summed E-state index contributed by atoms with van der Waals surface area (Å²) in [6.07, 6.45) is 22.3. The molecule has 0 aromatic carbocycles. The Bertz CT molecular complexity index is 462. The van der Waals surface area contributed by atoms with E-state index in [2.05, 4.69) is 42.7 Å². The van der Waals surface area contributed by atoms with Crippen molar-refractivity contribution in [1.82, 2.24) is 0 Å². The van der Waals surface area contributed by atoms with Crippen molar-refractivity contribution in [3.63, 3.8) is 0 Å². The van der Waals surface area contributed by atoms with Crippen molar-refractivity contribution in [2.75, 3.05) is 0 Å². The molecule has 0 saturated carbocycles. The maximum atomic E-state index is 4.70. The summed E-state index contributed by atoms with van der Waals surface area (Å²) in [6.45, 7) is 0. The molecule has 0 aromatic rings. The molecule has 1 nitrogen and oxygen atoms in total. The van der Waals surface area contributed by atoms with Crippen molar-refractivity contribution in [3.8, 4) is 0 Å². The number of hydrogen-bond acceptors (Lipinski definition) is 1. The largest absolute Gasteiger partial charge is 0.261 e. The first-order valence-corrected chi connectivity index (χ1v) is 6.91. The van der Waals surface area contributed by atoms with E-state index in [-0.39, 0.29) is 0 Å². The number of nitrogens with zero attached hydrogens (tertiary/aromatic N) is 1. The van der Waals surface area contributed by atoms with Crippen LogP contribution in [0.25, 0.3) is 0 Å². The van der Waals surface area contributed by atoms with Crippen molar-refractivity contribution in [3.05, 3.63) is 59.4 Å². The molecule has 2 aliphatic carbocycles. The summed E-state index contributed by atoms with van der Waals surface area (Å²) >= 11 is 0. The second-order valence-corrected chi connectivity index (χ2v) is 5.05. The van der Waals surface area contributed by atoms with Gasteiger partial charge in [0.05, 0.1) is 0 Å². The van der Waals surface area contributed by atoms with Crippen LogP contribution in [0.1, 0.15) is 38.5 Å². The highest BCUT2D eigenvalue weighted by Crippen LogP contribution is 2.28. The zero-order chi connectivity index (χ0) is 12.2. The summed E-state index contributed by atoms with van der Waals surface area (Å²) < 4.78 is 0. The van der Waals surface area contributed by atoms with Crippen LogP contribution in [-0.2, 0) is 0 Å². The fourth-order valence-corrected chi connectivity index (χ4v) is 2.74. The second-order valence-electron chi connectivity index (χ2n) is 5.05. The molecule has 0 spiro atoms. The highest BCUT2D eigenvalue weighted by Gasteiger charge is 2.15. The van der Waals surface area contributed by atoms with Gasteiger partial charge in [-0.3, -0.25) is 4.99 Å². The van der Waals surface area contributed by atoms with Gasteiger partial charge in [0.15, 0.2) is 0 Å². The molecule has 1 heterocycles. The van der Waals surface area contributed by atoms with Crippen molar-refractivity contribution < 1.29 is 0 Å². The van der Waals surface area contributed by atoms with E-state index in [0.29, 0.717) is 0 Å². The van der Waals surface area contributed by atoms with E-state index >= 15 is 0 Å². The number of hydrogen-bond donors (Lipinski definition) is 0. The van der Waals surface area contributed by atoms with Crippen LogP contribution >= 0.6 is 0 Å². The molecule has 18 heavy (non-hydrogen) atoms. The van der Waals surface area contributed by atoms with E-state index in [1.54, 1.807) is 0 Å². The van der Waals surface area contributed by atoms with Crippen LogP contribution in [0.3, 0.4) is 0 Å². The summed E-state index contributed by atoms with van der Waals surface area (Å²) in [7, 11) is 0. The van der Waals surface area contributed by atoms with Gasteiger partial charge < -0.3 is 0 Å². The van der Waals surface area contributed by atoms with Gasteiger partial charge in [0, 0.05) is 11.9 Å². The number of aliphatic imine (C=N–C) groups is 1. The molecule has 0 unspecified atom stereocenters. The zero-order valence-corrected chi connectivity index (χ0v) is 10.7. The van der Waals surface area contributed by atoms with Gasteiger partial charge in [-0.25, -0.2) is 0 Å². The fraction of sp³-hybridized carbons (Fsp3) is 0.353. The van der Waals surface area contributed by atoms with Crippen LogP contribution in [0.2, 0.25) is 0 Å². The molecule has 92 valence electrons. The third-order valence-corrected chi connectivity index (χ3v) is 3.82. The van der Waals surface area contributed by atoms with Crippen molar-refractivity contribution in [2.24, 2.45) is 4.99 Å². The van der Waals surface area contributed by atoms with Crippen LogP contribution in [0.15, 0.2) is 64.4 Å². The summed E-state index contributed by atoms with van der Waals surface area (Å²) in [4.78, 5) is 4.70. The van der Waals surface area contributed by atoms with E-state index in [1.165, 1.54) is 35.3 Å². The van der Waals surface area contributed by atoms with Gasteiger partial charge in [-0.2, -0.15) is 0 Å². The maximum Gasteiger partial charge on any atom is 0.0439 e. The van der Waals surface area contributed by atoms with Gasteiger partial charge in [-0.05, 0) is 55.2 Å². The molecule has 0 atom stereocenters. The lowest BCUT2D eigenvalue weighted by Gasteiger charge is -2.19. The molecular weight excluding hydrogens is 218 g/mol. The van der Waals surface area contributed by atoms with Crippen LogP contribution in [0.5, 0.6) is 0 Å². The Morgan fingerprint density at radius 1 is 0.722 bits per heavy atom. The van der Waals surface area contributed by atoms with Crippen molar-refractivity contribution in [1.29, 1.82) is 0 Å². The van der Waals surface area contributed by atoms with Crippen molar-refractivity contribution >= 4 is 5.71 Å². The van der Waals surface area contributed by atoms with E-state index in [4.69, 9.17) is 4.99 Å². The van der Waals surface area contributed by atoms with Gasteiger partial charge in [0.1, 0.15) is 0 Å². The molecule has 0 radical (unpaired) electrons. The SMILES string of the molecule is C1=CCCC(C2=CN=C(C3=CC=CCC3)CC2)=C1. The minimum atomic E-state index is 1.10. The van der Waals surface area contributed by atoms with Gasteiger partial charge in [0.2, 0.25) is 0 Å². The predicted molar refractivity (Wildman–Crippen MR) is 77.7 cm³/mol. The minimum absolute atomic E-state index is 1.10. The molecular formula is C17H19N. The molecule has 3 aliphatic rings. The first kappa shape index (κ1) is 11.5. The lowest BCUT2D eigenvalue weighted by atomic mass is 9.89. The Morgan fingerprint density at radius 3 is 2.00 bits per heavy atom. The van der Waals surface area contributed by atoms with Crippen LogP contribution in [-0.4, -0.2) is 5.71 Å². The zero-order valence-electron chi connectivity index (χ0n) is 10.7. The normalized spacial score (nSPS) is 23.1. The van der Waals surface area contributed by atoms with Gasteiger partial charge in [-0.1, -0.05) is 36.5 Å². The molecule has 1 aliphatic heterocycles. The third-order valence-electron chi connectivity index (χ3n) is 3.82. The van der Waals surface area contributed by atoms with Crippen LogP contribution < -0.4 is 0 Å². The van der Waals surface area contributed by atoms with E-state index < -0.39 is 0 Å². The van der Waals surface area contributed by atoms with Gasteiger partial charge in [-0.15, -0.1) is 0 Å². The molecule has 0 saturated heterocycles. The average Bonchev–Trinajstić information content (AvgIpc) is 2.49. The Morgan fingerprint density at radius 2 is 1.44 bits per heavy atom. The van der Waals surface area contributed by atoms with Crippen LogP contribution in [0, 0.1) is 0 Å². The Labute approximate surface area is 109 Å². The van der Waals surface area contributed by atoms with E-state index in [0.717, 1.165) is 25.7 Å². The molecule has 3 rings (SSSR count). The number of allylic oxidation sites excluding steroid dienone is 9. The Balaban J connectivity index is 1.78. The van der Waals surface area contributed by atoms with Gasteiger partial charge in [0.25, 0.3) is 0 Å². The summed E-state index contributed by atoms with van der Waals surface area (Å²) in [5.41, 5.74) is 5.66. The quantitative estimate of drug-likeness (QED) is 0.662. The van der Waals surface area contributed by atoms with Crippen LogP contribution in [0.4, 0.5) is 0 Å². The standard InChI is InChI=1S/C17H19N/c1-3-7-14(8-4-1)16-11-12-17(18-13-16)15-9-5-2-6-10-15/h1-3,5,7,9,13H,4,6,8,10-12H2. The van der Waals surface area contributed by atoms with E-state index in [9.17, 15) is 0 Å². The second kappa shape index (κ2) is 5.34. The molecule has 0 fully saturated rings. The molecule has 1 heteroatoms. The average molecular weight is 237 g/mol. The topological polar surface area (TPSA) is 12.4 Å².